The van der Waals surface area contributed by atoms with Crippen molar-refractivity contribution >= 4 is 5.91 Å². The fourth-order valence-corrected chi connectivity index (χ4v) is 3.36. The lowest BCUT2D eigenvalue weighted by molar-refractivity contribution is -0.306. The van der Waals surface area contributed by atoms with Crippen LogP contribution in [0.2, 0.25) is 0 Å². The zero-order valence-corrected chi connectivity index (χ0v) is 17.5. The number of ether oxygens (including phenoxy) is 1. The molecule has 0 bridgehead atoms. The number of carbonyl (C=O) groups excluding carboxylic acids is 1. The van der Waals surface area contributed by atoms with E-state index in [-0.39, 0.29) is 18.1 Å². The Bertz CT molecular complexity index is 810. The SMILES string of the molecule is C=C(/C=C(/NCCCO)ON)C1CCN(C(=O)C2=CC(F)=C(OC(F)(F)F)CC=C2)CC1. The molecule has 1 aliphatic heterocycles. The number of hydrogen-bond donors (Lipinski definition) is 3. The summed E-state index contributed by atoms with van der Waals surface area (Å²) in [6.07, 6.45) is 1.27. The lowest BCUT2D eigenvalue weighted by atomic mass is 9.89. The Morgan fingerprint density at radius 3 is 2.66 bits per heavy atom. The normalized spacial score (nSPS) is 18.2. The number of rotatable bonds is 9. The molecule has 2 rings (SSSR count). The first-order chi connectivity index (χ1) is 15.1. The quantitative estimate of drug-likeness (QED) is 0.161. The van der Waals surface area contributed by atoms with E-state index in [9.17, 15) is 22.4 Å². The third-order valence-electron chi connectivity index (χ3n) is 5.02. The fourth-order valence-electron chi connectivity index (χ4n) is 3.36. The van der Waals surface area contributed by atoms with E-state index in [2.05, 4.69) is 16.6 Å². The highest BCUT2D eigenvalue weighted by Crippen LogP contribution is 2.30. The number of piperidine rings is 1. The van der Waals surface area contributed by atoms with Gasteiger partial charge in [-0.2, -0.15) is 5.90 Å². The van der Waals surface area contributed by atoms with Gasteiger partial charge in [-0.05, 0) is 36.8 Å². The smallest absolute Gasteiger partial charge is 0.407 e. The van der Waals surface area contributed by atoms with Gasteiger partial charge in [-0.15, -0.1) is 13.2 Å². The molecule has 32 heavy (non-hydrogen) atoms. The molecule has 178 valence electrons. The van der Waals surface area contributed by atoms with E-state index >= 15 is 0 Å². The van der Waals surface area contributed by atoms with Crippen molar-refractivity contribution in [3.63, 3.8) is 0 Å². The first-order valence-electron chi connectivity index (χ1n) is 10.1. The molecule has 0 spiro atoms. The van der Waals surface area contributed by atoms with Gasteiger partial charge in [0.25, 0.3) is 5.91 Å². The largest absolute Gasteiger partial charge is 0.572 e. The second-order valence-corrected chi connectivity index (χ2v) is 7.30. The van der Waals surface area contributed by atoms with Crippen LogP contribution in [0.15, 0.2) is 59.5 Å². The van der Waals surface area contributed by atoms with Crippen molar-refractivity contribution in [2.45, 2.75) is 32.0 Å². The third kappa shape index (κ3) is 7.72. The summed E-state index contributed by atoms with van der Waals surface area (Å²) >= 11 is 0. The molecule has 0 aromatic carbocycles. The molecule has 0 radical (unpaired) electrons. The molecular formula is C21H27F4N3O4. The second-order valence-electron chi connectivity index (χ2n) is 7.30. The third-order valence-corrected chi connectivity index (χ3v) is 5.02. The minimum absolute atomic E-state index is 0.0280. The Labute approximate surface area is 183 Å². The molecule has 2 aliphatic rings. The highest BCUT2D eigenvalue weighted by molar-refractivity contribution is 5.96. The maximum atomic E-state index is 14.2. The highest BCUT2D eigenvalue weighted by atomic mass is 19.4. The number of halogens is 4. The van der Waals surface area contributed by atoms with Crippen molar-refractivity contribution in [3.8, 4) is 0 Å². The predicted molar refractivity (Wildman–Crippen MR) is 109 cm³/mol. The van der Waals surface area contributed by atoms with Crippen LogP contribution in [0, 0.1) is 5.92 Å². The zero-order valence-electron chi connectivity index (χ0n) is 17.5. The average Bonchev–Trinajstić information content (AvgIpc) is 2.92. The first kappa shape index (κ1) is 25.5. The van der Waals surface area contributed by atoms with Gasteiger partial charge in [0.15, 0.2) is 5.83 Å². The number of nitrogens with one attached hydrogen (secondary N) is 1. The van der Waals surface area contributed by atoms with Crippen LogP contribution >= 0.6 is 0 Å². The van der Waals surface area contributed by atoms with Crippen LogP contribution in [-0.2, 0) is 14.4 Å². The van der Waals surface area contributed by atoms with Crippen molar-refractivity contribution in [2.24, 2.45) is 11.8 Å². The van der Waals surface area contributed by atoms with Crippen molar-refractivity contribution < 1.29 is 37.0 Å². The first-order valence-corrected chi connectivity index (χ1v) is 10.1. The van der Waals surface area contributed by atoms with Crippen LogP contribution < -0.4 is 11.2 Å². The van der Waals surface area contributed by atoms with Gasteiger partial charge < -0.3 is 24.9 Å². The van der Waals surface area contributed by atoms with E-state index in [0.29, 0.717) is 44.8 Å². The molecule has 0 saturated carbocycles. The lowest BCUT2D eigenvalue weighted by Gasteiger charge is -2.32. The zero-order chi connectivity index (χ0) is 23.7. The van der Waals surface area contributed by atoms with Crippen LogP contribution in [-0.4, -0.2) is 48.5 Å². The maximum absolute atomic E-state index is 14.2. The summed E-state index contributed by atoms with van der Waals surface area (Å²) in [5.74, 6) is 3.03. The van der Waals surface area contributed by atoms with Crippen LogP contribution in [0.3, 0.4) is 0 Å². The highest BCUT2D eigenvalue weighted by Gasteiger charge is 2.34. The van der Waals surface area contributed by atoms with Gasteiger partial charge >= 0.3 is 6.36 Å². The molecule has 4 N–H and O–H groups in total. The summed E-state index contributed by atoms with van der Waals surface area (Å²) in [5, 5.41) is 11.8. The minimum atomic E-state index is -5.01. The predicted octanol–water partition coefficient (Wildman–Crippen LogP) is 3.09. The van der Waals surface area contributed by atoms with Gasteiger partial charge in [-0.1, -0.05) is 18.7 Å². The number of allylic oxidation sites excluding steroid dienone is 5. The standard InChI is InChI=1S/C21H27F4N3O4/c1-14(12-19(32-26)27-8-3-11-29)15-6-9-28(10-7-15)20(30)16-4-2-5-18(17(22)13-16)31-21(23,24)25/h2,4,12-13,15,27,29H,1,3,5-11,26H2/b19-12-. The molecule has 7 nitrogen and oxygen atoms in total. The van der Waals surface area contributed by atoms with Crippen molar-refractivity contribution in [1.29, 1.82) is 0 Å². The van der Waals surface area contributed by atoms with E-state index in [4.69, 9.17) is 15.8 Å². The van der Waals surface area contributed by atoms with Crippen LogP contribution in [0.4, 0.5) is 17.6 Å². The summed E-state index contributed by atoms with van der Waals surface area (Å²) in [4.78, 5) is 19.0. The molecule has 1 aliphatic carbocycles. The van der Waals surface area contributed by atoms with Crippen LogP contribution in [0.1, 0.15) is 25.7 Å². The van der Waals surface area contributed by atoms with Gasteiger partial charge in [0.2, 0.25) is 5.88 Å². The molecule has 1 saturated heterocycles. The van der Waals surface area contributed by atoms with Crippen molar-refractivity contribution in [3.05, 3.63) is 59.5 Å². The number of amides is 1. The summed E-state index contributed by atoms with van der Waals surface area (Å²) in [7, 11) is 0. The molecule has 0 aromatic rings. The number of carbonyl (C=O) groups is 1. The molecule has 1 fully saturated rings. The van der Waals surface area contributed by atoms with Crippen molar-refractivity contribution in [2.75, 3.05) is 26.2 Å². The summed E-state index contributed by atoms with van der Waals surface area (Å²) in [6, 6.07) is 0. The number of alkyl halides is 3. The molecule has 1 amide bonds. The molecule has 0 atom stereocenters. The average molecular weight is 461 g/mol. The maximum Gasteiger partial charge on any atom is 0.572 e. The number of nitrogens with zero attached hydrogens (tertiary/aromatic N) is 1. The molecule has 1 heterocycles. The number of aliphatic hydroxyl groups excluding tert-OH is 1. The minimum Gasteiger partial charge on any atom is -0.407 e. The Balaban J connectivity index is 1.97. The summed E-state index contributed by atoms with van der Waals surface area (Å²) in [5.41, 5.74) is 0.706. The summed E-state index contributed by atoms with van der Waals surface area (Å²) < 4.78 is 55.0. The van der Waals surface area contributed by atoms with Gasteiger partial charge in [0.1, 0.15) is 5.76 Å². The number of hydrogen-bond acceptors (Lipinski definition) is 6. The van der Waals surface area contributed by atoms with E-state index in [1.54, 1.807) is 6.08 Å². The van der Waals surface area contributed by atoms with Gasteiger partial charge in [-0.25, -0.2) is 4.39 Å². The van der Waals surface area contributed by atoms with Gasteiger partial charge in [0, 0.05) is 44.3 Å². The van der Waals surface area contributed by atoms with Crippen LogP contribution in [0.5, 0.6) is 0 Å². The Hall–Kier alpha value is -2.79. The van der Waals surface area contributed by atoms with E-state index in [1.165, 1.54) is 17.1 Å². The van der Waals surface area contributed by atoms with E-state index < -0.39 is 30.3 Å². The molecule has 0 unspecified atom stereocenters. The monoisotopic (exact) mass is 461 g/mol. The fraction of sp³-hybridized carbons (Fsp3) is 0.476. The Morgan fingerprint density at radius 1 is 1.38 bits per heavy atom. The van der Waals surface area contributed by atoms with Gasteiger partial charge in [0.05, 0.1) is 0 Å². The van der Waals surface area contributed by atoms with Crippen molar-refractivity contribution in [1.82, 2.24) is 10.2 Å². The Morgan fingerprint density at radius 2 is 2.06 bits per heavy atom. The molecular weight excluding hydrogens is 434 g/mol. The molecule has 11 heteroatoms. The second kappa shape index (κ2) is 11.7. The van der Waals surface area contributed by atoms with Gasteiger partial charge in [-0.3, -0.25) is 4.79 Å². The number of nitrogens with two attached hydrogens (primary N) is 1. The Kier molecular flexibility index (Phi) is 9.33. The van der Waals surface area contributed by atoms with Crippen LogP contribution in [0.25, 0.3) is 0 Å². The topological polar surface area (TPSA) is 97.0 Å². The number of aliphatic hydroxyl groups is 1. The number of likely N-dealkylation sites (tertiary alicyclic amines) is 1. The summed E-state index contributed by atoms with van der Waals surface area (Å²) in [6.45, 7) is 5.27. The van der Waals surface area contributed by atoms with E-state index in [1.807, 2.05) is 0 Å². The lowest BCUT2D eigenvalue weighted by Crippen LogP contribution is -2.39. The van der Waals surface area contributed by atoms with E-state index in [0.717, 1.165) is 11.6 Å². The molecule has 0 aromatic heterocycles.